The number of aromatic amines is 1. The fourth-order valence-electron chi connectivity index (χ4n) is 4.59. The molecule has 2 aliphatic heterocycles. The number of hydrogen-bond donors (Lipinski definition) is 1. The number of halogens is 1. The first-order valence-corrected chi connectivity index (χ1v) is 9.74. The lowest BCUT2D eigenvalue weighted by Gasteiger charge is -2.41. The number of nitrogens with zero attached hydrogens (tertiary/aromatic N) is 2. The van der Waals surface area contributed by atoms with Gasteiger partial charge in [0.15, 0.2) is 0 Å². The molecule has 0 saturated carbocycles. The minimum Gasteiger partial charge on any atom is -0.340 e. The van der Waals surface area contributed by atoms with Crippen molar-refractivity contribution < 1.29 is 14.0 Å². The normalized spacial score (nSPS) is 22.6. The molecular formula is C21H24FN3O3. The number of amides is 2. The Labute approximate surface area is 162 Å². The zero-order valence-electron chi connectivity index (χ0n) is 16.1. The van der Waals surface area contributed by atoms with Crippen molar-refractivity contribution in [3.8, 4) is 0 Å². The lowest BCUT2D eigenvalue weighted by atomic mass is 9.78. The van der Waals surface area contributed by atoms with Crippen LogP contribution in [-0.4, -0.2) is 52.3 Å². The second-order valence-electron chi connectivity index (χ2n) is 8.19. The average molecular weight is 385 g/mol. The lowest BCUT2D eigenvalue weighted by Crippen LogP contribution is -2.52. The first-order valence-electron chi connectivity index (χ1n) is 9.74. The van der Waals surface area contributed by atoms with E-state index in [4.69, 9.17) is 0 Å². The second kappa shape index (κ2) is 6.72. The molecule has 0 aliphatic carbocycles. The van der Waals surface area contributed by atoms with E-state index in [0.717, 1.165) is 19.4 Å². The highest BCUT2D eigenvalue weighted by Crippen LogP contribution is 2.41. The Morgan fingerprint density at radius 2 is 1.96 bits per heavy atom. The van der Waals surface area contributed by atoms with E-state index < -0.39 is 16.8 Å². The summed E-state index contributed by atoms with van der Waals surface area (Å²) in [6.45, 7) is 5.57. The number of hydrogen-bond acceptors (Lipinski definition) is 3. The predicted octanol–water partition coefficient (Wildman–Crippen LogP) is 2.53. The number of pyridine rings is 1. The lowest BCUT2D eigenvalue weighted by molar-refractivity contribution is -0.147. The number of carbonyl (C=O) groups is 2. The van der Waals surface area contributed by atoms with Crippen molar-refractivity contribution in [2.75, 3.05) is 19.6 Å². The van der Waals surface area contributed by atoms with E-state index in [1.807, 2.05) is 18.7 Å². The first-order chi connectivity index (χ1) is 13.3. The van der Waals surface area contributed by atoms with E-state index in [-0.39, 0.29) is 23.4 Å². The number of fused-ring (bicyclic) bond motifs is 1. The molecular weight excluding hydrogens is 361 g/mol. The van der Waals surface area contributed by atoms with Crippen LogP contribution in [0.1, 0.15) is 43.5 Å². The largest absolute Gasteiger partial charge is 0.340 e. The molecule has 3 heterocycles. The quantitative estimate of drug-likeness (QED) is 0.863. The number of piperidine rings is 1. The van der Waals surface area contributed by atoms with Crippen LogP contribution in [0.25, 0.3) is 10.9 Å². The number of carbonyl (C=O) groups excluding carboxylic acids is 2. The number of H-pyrrole nitrogens is 1. The van der Waals surface area contributed by atoms with Crippen molar-refractivity contribution in [1.29, 1.82) is 0 Å². The SMILES string of the molecule is CC(C)N1CCCC2(CCN(C(=O)c3cc(=O)[nH]c4ccc(F)cc34)C2)C1=O. The monoisotopic (exact) mass is 385 g/mol. The average Bonchev–Trinajstić information content (AvgIpc) is 3.08. The molecule has 28 heavy (non-hydrogen) atoms. The molecule has 1 N–H and O–H groups in total. The standard InChI is InChI=1S/C21H24FN3O3/c1-13(2)25-8-3-6-21(20(25)28)7-9-24(12-21)19(27)16-11-18(26)23-17-5-4-14(22)10-15(16)17/h4-5,10-11,13H,3,6-9,12H2,1-2H3,(H,23,26). The molecule has 0 radical (unpaired) electrons. The molecule has 1 atom stereocenters. The Balaban J connectivity index is 1.66. The van der Waals surface area contributed by atoms with E-state index in [1.165, 1.54) is 24.3 Å². The van der Waals surface area contributed by atoms with Crippen LogP contribution in [0.2, 0.25) is 0 Å². The van der Waals surface area contributed by atoms with E-state index in [2.05, 4.69) is 4.98 Å². The summed E-state index contributed by atoms with van der Waals surface area (Å²) >= 11 is 0. The van der Waals surface area contributed by atoms with Gasteiger partial charge < -0.3 is 14.8 Å². The molecule has 1 spiro atoms. The van der Waals surface area contributed by atoms with Crippen LogP contribution >= 0.6 is 0 Å². The van der Waals surface area contributed by atoms with Crippen molar-refractivity contribution >= 4 is 22.7 Å². The summed E-state index contributed by atoms with van der Waals surface area (Å²) in [6, 6.07) is 5.32. The second-order valence-corrected chi connectivity index (χ2v) is 8.19. The van der Waals surface area contributed by atoms with Crippen molar-refractivity contribution in [2.24, 2.45) is 5.41 Å². The van der Waals surface area contributed by atoms with Gasteiger partial charge in [-0.3, -0.25) is 14.4 Å². The molecule has 6 nitrogen and oxygen atoms in total. The topological polar surface area (TPSA) is 73.5 Å². The number of aromatic nitrogens is 1. The molecule has 148 valence electrons. The summed E-state index contributed by atoms with van der Waals surface area (Å²) in [5.41, 5.74) is -0.346. The Morgan fingerprint density at radius 3 is 2.71 bits per heavy atom. The molecule has 2 amide bonds. The Bertz CT molecular complexity index is 1020. The third kappa shape index (κ3) is 2.99. The summed E-state index contributed by atoms with van der Waals surface area (Å²) in [7, 11) is 0. The Hall–Kier alpha value is -2.70. The van der Waals surface area contributed by atoms with Gasteiger partial charge in [-0.1, -0.05) is 0 Å². The summed E-state index contributed by atoms with van der Waals surface area (Å²) < 4.78 is 13.7. The van der Waals surface area contributed by atoms with Gasteiger partial charge in [-0.25, -0.2) is 4.39 Å². The summed E-state index contributed by atoms with van der Waals surface area (Å²) in [6.07, 6.45) is 2.31. The molecule has 2 aromatic rings. The van der Waals surface area contributed by atoms with Gasteiger partial charge in [0, 0.05) is 42.6 Å². The van der Waals surface area contributed by atoms with Crippen molar-refractivity contribution in [3.05, 3.63) is 46.0 Å². The highest BCUT2D eigenvalue weighted by atomic mass is 19.1. The van der Waals surface area contributed by atoms with Crippen LogP contribution in [0, 0.1) is 11.2 Å². The van der Waals surface area contributed by atoms with Crippen molar-refractivity contribution in [1.82, 2.24) is 14.8 Å². The van der Waals surface area contributed by atoms with Crippen molar-refractivity contribution in [2.45, 2.75) is 39.2 Å². The van der Waals surface area contributed by atoms with Crippen LogP contribution in [0.3, 0.4) is 0 Å². The minimum absolute atomic E-state index is 0.117. The van der Waals surface area contributed by atoms with Crippen LogP contribution in [0.4, 0.5) is 4.39 Å². The van der Waals surface area contributed by atoms with Crippen LogP contribution < -0.4 is 5.56 Å². The maximum Gasteiger partial charge on any atom is 0.254 e. The molecule has 1 aromatic carbocycles. The molecule has 7 heteroatoms. The third-order valence-electron chi connectivity index (χ3n) is 6.07. The Kier molecular flexibility index (Phi) is 4.48. The first kappa shape index (κ1) is 18.7. The summed E-state index contributed by atoms with van der Waals surface area (Å²) in [5, 5.41) is 0.379. The van der Waals surface area contributed by atoms with Crippen molar-refractivity contribution in [3.63, 3.8) is 0 Å². The fraction of sp³-hybridized carbons (Fsp3) is 0.476. The smallest absolute Gasteiger partial charge is 0.254 e. The van der Waals surface area contributed by atoms with E-state index in [1.54, 1.807) is 4.90 Å². The zero-order valence-corrected chi connectivity index (χ0v) is 16.1. The molecule has 0 bridgehead atoms. The van der Waals surface area contributed by atoms with E-state index in [9.17, 15) is 18.8 Å². The molecule has 1 aromatic heterocycles. The Morgan fingerprint density at radius 1 is 1.18 bits per heavy atom. The van der Waals surface area contributed by atoms with Gasteiger partial charge in [0.05, 0.1) is 11.0 Å². The van der Waals surface area contributed by atoms with Gasteiger partial charge in [-0.2, -0.15) is 0 Å². The van der Waals surface area contributed by atoms with Crippen LogP contribution in [0.5, 0.6) is 0 Å². The number of benzene rings is 1. The molecule has 2 saturated heterocycles. The minimum atomic E-state index is -0.541. The summed E-state index contributed by atoms with van der Waals surface area (Å²) in [5.74, 6) is -0.680. The molecule has 2 aliphatic rings. The van der Waals surface area contributed by atoms with Gasteiger partial charge in [0.1, 0.15) is 5.82 Å². The van der Waals surface area contributed by atoms with E-state index >= 15 is 0 Å². The van der Waals surface area contributed by atoms with Crippen LogP contribution in [-0.2, 0) is 4.79 Å². The number of nitrogens with one attached hydrogen (secondary N) is 1. The predicted molar refractivity (Wildman–Crippen MR) is 104 cm³/mol. The zero-order chi connectivity index (χ0) is 20.1. The fourth-order valence-corrected chi connectivity index (χ4v) is 4.59. The van der Waals surface area contributed by atoms with Gasteiger partial charge in [-0.05, 0) is 51.3 Å². The van der Waals surface area contributed by atoms with E-state index in [0.29, 0.717) is 30.4 Å². The van der Waals surface area contributed by atoms with Gasteiger partial charge >= 0.3 is 0 Å². The van der Waals surface area contributed by atoms with Gasteiger partial charge in [0.2, 0.25) is 11.5 Å². The highest BCUT2D eigenvalue weighted by Gasteiger charge is 2.49. The third-order valence-corrected chi connectivity index (χ3v) is 6.07. The molecule has 2 fully saturated rings. The number of rotatable bonds is 2. The van der Waals surface area contributed by atoms with Gasteiger partial charge in [0.25, 0.3) is 5.91 Å². The van der Waals surface area contributed by atoms with Gasteiger partial charge in [-0.15, -0.1) is 0 Å². The summed E-state index contributed by atoms with van der Waals surface area (Å²) in [4.78, 5) is 44.5. The maximum atomic E-state index is 13.7. The molecule has 4 rings (SSSR count). The number of likely N-dealkylation sites (tertiary alicyclic amines) is 2. The molecule has 1 unspecified atom stereocenters. The highest BCUT2D eigenvalue weighted by molar-refractivity contribution is 6.06. The maximum absolute atomic E-state index is 13.7. The van der Waals surface area contributed by atoms with Crippen LogP contribution in [0.15, 0.2) is 29.1 Å².